The molecule has 0 aliphatic carbocycles. The Kier molecular flexibility index (Phi) is 4.47. The number of hydrogen-bond acceptors (Lipinski definition) is 1. The second kappa shape index (κ2) is 6.38. The zero-order valence-electron chi connectivity index (χ0n) is 12.8. The van der Waals surface area contributed by atoms with Gasteiger partial charge in [0, 0.05) is 26.9 Å². The molecule has 114 valence electrons. The molecule has 0 aliphatic rings. The van der Waals surface area contributed by atoms with Crippen LogP contribution in [0.5, 0.6) is 0 Å². The number of rotatable bonds is 2. The molecule has 0 fully saturated rings. The van der Waals surface area contributed by atoms with Crippen LogP contribution in [0.4, 0.5) is 0 Å². The Hall–Kier alpha value is -1.77. The lowest BCUT2D eigenvalue weighted by Gasteiger charge is -2.09. The van der Waals surface area contributed by atoms with Crippen molar-refractivity contribution in [2.24, 2.45) is 7.05 Å². The number of halogens is 2. The van der Waals surface area contributed by atoms with E-state index >= 15 is 0 Å². The smallest absolute Gasteiger partial charge is 0.102 e. The van der Waals surface area contributed by atoms with E-state index in [1.165, 1.54) is 0 Å². The van der Waals surface area contributed by atoms with Crippen LogP contribution in [0.3, 0.4) is 0 Å². The summed E-state index contributed by atoms with van der Waals surface area (Å²) in [5.41, 5.74) is 5.81. The third-order valence-corrected chi connectivity index (χ3v) is 4.95. The molecule has 1 heterocycles. The molecule has 4 heteroatoms. The lowest BCUT2D eigenvalue weighted by molar-refractivity contribution is 0.889. The number of aromatic nitrogens is 1. The Labute approximate surface area is 154 Å². The van der Waals surface area contributed by atoms with Crippen molar-refractivity contribution >= 4 is 34.2 Å². The summed E-state index contributed by atoms with van der Waals surface area (Å²) >= 11 is 8.32. The maximum atomic E-state index is 9.67. The van der Waals surface area contributed by atoms with Crippen molar-refractivity contribution in [3.63, 3.8) is 0 Å². The van der Waals surface area contributed by atoms with Crippen LogP contribution in [0.25, 0.3) is 22.4 Å². The molecule has 0 radical (unpaired) electrons. The first-order valence-electron chi connectivity index (χ1n) is 7.14. The van der Waals surface area contributed by atoms with Gasteiger partial charge < -0.3 is 4.57 Å². The summed E-state index contributed by atoms with van der Waals surface area (Å²) in [5, 5.41) is 10.4. The molecule has 0 saturated heterocycles. The summed E-state index contributed by atoms with van der Waals surface area (Å²) in [6.45, 7) is 1.98. The summed E-state index contributed by atoms with van der Waals surface area (Å²) in [4.78, 5) is 0. The van der Waals surface area contributed by atoms with Gasteiger partial charge in [0.15, 0.2) is 0 Å². The highest BCUT2D eigenvalue weighted by Crippen LogP contribution is 2.38. The molecule has 0 saturated carbocycles. The summed E-state index contributed by atoms with van der Waals surface area (Å²) in [7, 11) is 2.00. The zero-order valence-corrected chi connectivity index (χ0v) is 15.7. The Balaban J connectivity index is 2.36. The predicted octanol–water partition coefficient (Wildman–Crippen LogP) is 5.80. The van der Waals surface area contributed by atoms with Crippen molar-refractivity contribution in [3.8, 4) is 28.5 Å². The van der Waals surface area contributed by atoms with E-state index in [0.717, 1.165) is 37.2 Å². The van der Waals surface area contributed by atoms with E-state index in [0.29, 0.717) is 5.02 Å². The molecule has 0 spiro atoms. The Morgan fingerprint density at radius 1 is 1.09 bits per heavy atom. The van der Waals surface area contributed by atoms with E-state index in [1.54, 1.807) is 0 Å². The van der Waals surface area contributed by atoms with Crippen molar-refractivity contribution in [2.45, 2.75) is 6.92 Å². The van der Waals surface area contributed by atoms with Crippen LogP contribution >= 0.6 is 34.2 Å². The van der Waals surface area contributed by atoms with Crippen LogP contribution in [-0.4, -0.2) is 4.57 Å². The summed E-state index contributed by atoms with van der Waals surface area (Å²) in [6, 6.07) is 18.4. The molecule has 0 aliphatic heterocycles. The van der Waals surface area contributed by atoms with E-state index in [4.69, 9.17) is 11.6 Å². The molecule has 1 aromatic heterocycles. The van der Waals surface area contributed by atoms with Gasteiger partial charge in [-0.15, -0.1) is 0 Å². The molecule has 3 rings (SSSR count). The molecule has 23 heavy (non-hydrogen) atoms. The largest absolute Gasteiger partial charge is 0.346 e. The standard InChI is InChI=1S/C19H14ClIN2/c1-12-17(11-22)18(14-4-3-5-16(21)10-14)19(23(12)2)13-6-8-15(20)9-7-13/h3-10H,1-2H3. The molecule has 2 nitrogen and oxygen atoms in total. The van der Waals surface area contributed by atoms with Crippen LogP contribution < -0.4 is 0 Å². The fraction of sp³-hybridized carbons (Fsp3) is 0.105. The fourth-order valence-electron chi connectivity index (χ4n) is 2.81. The highest BCUT2D eigenvalue weighted by molar-refractivity contribution is 14.1. The first-order valence-corrected chi connectivity index (χ1v) is 8.60. The highest BCUT2D eigenvalue weighted by atomic mass is 127. The van der Waals surface area contributed by atoms with Gasteiger partial charge in [0.05, 0.1) is 11.3 Å². The lowest BCUT2D eigenvalue weighted by Crippen LogP contribution is -1.94. The van der Waals surface area contributed by atoms with E-state index in [-0.39, 0.29) is 0 Å². The second-order valence-electron chi connectivity index (χ2n) is 5.37. The van der Waals surface area contributed by atoms with E-state index in [1.807, 2.05) is 50.4 Å². The normalized spacial score (nSPS) is 10.6. The van der Waals surface area contributed by atoms with Gasteiger partial charge in [0.2, 0.25) is 0 Å². The van der Waals surface area contributed by atoms with E-state index in [2.05, 4.69) is 45.4 Å². The minimum Gasteiger partial charge on any atom is -0.346 e. The van der Waals surface area contributed by atoms with Crippen molar-refractivity contribution < 1.29 is 0 Å². The maximum Gasteiger partial charge on any atom is 0.102 e. The van der Waals surface area contributed by atoms with Gasteiger partial charge in [-0.2, -0.15) is 5.26 Å². The number of hydrogen-bond donors (Lipinski definition) is 0. The molecule has 0 atom stereocenters. The monoisotopic (exact) mass is 432 g/mol. The summed E-state index contributed by atoms with van der Waals surface area (Å²) < 4.78 is 3.23. The summed E-state index contributed by atoms with van der Waals surface area (Å²) in [5.74, 6) is 0. The first-order chi connectivity index (χ1) is 11.0. The van der Waals surface area contributed by atoms with E-state index < -0.39 is 0 Å². The minimum atomic E-state index is 0.705. The first kappa shape index (κ1) is 16.1. The SMILES string of the molecule is Cc1c(C#N)c(-c2cccc(I)c2)c(-c2ccc(Cl)cc2)n1C. The lowest BCUT2D eigenvalue weighted by atomic mass is 9.97. The van der Waals surface area contributed by atoms with Crippen LogP contribution in [0.2, 0.25) is 5.02 Å². The second-order valence-corrected chi connectivity index (χ2v) is 7.05. The van der Waals surface area contributed by atoms with Crippen molar-refractivity contribution in [3.05, 3.63) is 68.4 Å². The van der Waals surface area contributed by atoms with Crippen molar-refractivity contribution in [2.75, 3.05) is 0 Å². The van der Waals surface area contributed by atoms with Crippen molar-refractivity contribution in [1.82, 2.24) is 4.57 Å². The molecule has 2 aromatic carbocycles. The Morgan fingerprint density at radius 2 is 1.78 bits per heavy atom. The van der Waals surface area contributed by atoms with Gasteiger partial charge in [0.1, 0.15) is 6.07 Å². The molecule has 0 bridgehead atoms. The average molecular weight is 433 g/mol. The summed E-state index contributed by atoms with van der Waals surface area (Å²) in [6.07, 6.45) is 0. The average Bonchev–Trinajstić information content (AvgIpc) is 2.80. The van der Waals surface area contributed by atoms with Crippen LogP contribution in [0.15, 0.2) is 48.5 Å². The molecule has 3 aromatic rings. The van der Waals surface area contributed by atoms with Gasteiger partial charge in [0.25, 0.3) is 0 Å². The number of benzene rings is 2. The van der Waals surface area contributed by atoms with Crippen LogP contribution in [0.1, 0.15) is 11.3 Å². The van der Waals surface area contributed by atoms with E-state index in [9.17, 15) is 5.26 Å². The predicted molar refractivity (Wildman–Crippen MR) is 103 cm³/mol. The number of nitrogens with zero attached hydrogens (tertiary/aromatic N) is 2. The topological polar surface area (TPSA) is 28.7 Å². The third kappa shape index (κ3) is 2.89. The van der Waals surface area contributed by atoms with Crippen LogP contribution in [-0.2, 0) is 7.05 Å². The molecule has 0 N–H and O–H groups in total. The van der Waals surface area contributed by atoms with Gasteiger partial charge >= 0.3 is 0 Å². The Bertz CT molecular complexity index is 918. The minimum absolute atomic E-state index is 0.705. The molecule has 0 amide bonds. The third-order valence-electron chi connectivity index (χ3n) is 4.03. The molecular formula is C19H14ClIN2. The highest BCUT2D eigenvalue weighted by Gasteiger charge is 2.21. The van der Waals surface area contributed by atoms with Gasteiger partial charge in [-0.3, -0.25) is 0 Å². The van der Waals surface area contributed by atoms with Gasteiger partial charge in [-0.1, -0.05) is 35.9 Å². The molecular weight excluding hydrogens is 419 g/mol. The van der Waals surface area contributed by atoms with Crippen molar-refractivity contribution in [1.29, 1.82) is 5.26 Å². The number of nitriles is 1. The van der Waals surface area contributed by atoms with Gasteiger partial charge in [-0.05, 0) is 64.9 Å². The van der Waals surface area contributed by atoms with Gasteiger partial charge in [-0.25, -0.2) is 0 Å². The fourth-order valence-corrected chi connectivity index (χ4v) is 3.48. The Morgan fingerprint density at radius 3 is 2.39 bits per heavy atom. The van der Waals surface area contributed by atoms with Crippen LogP contribution in [0, 0.1) is 21.8 Å². The quantitative estimate of drug-likeness (QED) is 0.471. The maximum absolute atomic E-state index is 9.67. The zero-order chi connectivity index (χ0) is 16.6. The molecule has 0 unspecified atom stereocenters.